The Hall–Kier alpha value is -0.530. The molecule has 1 spiro atoms. The summed E-state index contributed by atoms with van der Waals surface area (Å²) in [6.45, 7) is 0. The van der Waals surface area contributed by atoms with Crippen LogP contribution in [0.5, 0.6) is 0 Å². The fraction of sp³-hybridized carbons (Fsp3) is 0.833. The summed E-state index contributed by atoms with van der Waals surface area (Å²) in [5.74, 6) is 0. The molecular weight excluding hydrogens is 102 g/mol. The first-order chi connectivity index (χ1) is 3.87. The van der Waals surface area contributed by atoms with Crippen LogP contribution in [0.4, 0.5) is 0 Å². The van der Waals surface area contributed by atoms with Crippen molar-refractivity contribution in [2.24, 2.45) is 5.41 Å². The van der Waals surface area contributed by atoms with Crippen LogP contribution in [0.3, 0.4) is 0 Å². The van der Waals surface area contributed by atoms with Gasteiger partial charge in [0.05, 0.1) is 0 Å². The van der Waals surface area contributed by atoms with Gasteiger partial charge >= 0.3 is 0 Å². The van der Waals surface area contributed by atoms with Gasteiger partial charge in [-0.05, 0) is 24.7 Å². The van der Waals surface area contributed by atoms with E-state index in [2.05, 4.69) is 5.32 Å². The van der Waals surface area contributed by atoms with Crippen LogP contribution >= 0.6 is 0 Å². The van der Waals surface area contributed by atoms with Gasteiger partial charge < -0.3 is 5.32 Å². The van der Waals surface area contributed by atoms with Crippen molar-refractivity contribution < 1.29 is 4.79 Å². The fourth-order valence-corrected chi connectivity index (χ4v) is 1.38. The van der Waals surface area contributed by atoms with E-state index in [1.165, 1.54) is 19.3 Å². The summed E-state index contributed by atoms with van der Waals surface area (Å²) in [5.41, 5.74) is 0.626. The smallest absolute Gasteiger partial charge is 0.207 e. The average molecular weight is 111 g/mol. The summed E-state index contributed by atoms with van der Waals surface area (Å²) in [5, 5.41) is 2.79. The van der Waals surface area contributed by atoms with Crippen LogP contribution in [0.2, 0.25) is 0 Å². The highest BCUT2D eigenvalue weighted by Gasteiger charge is 2.62. The molecule has 44 valence electrons. The maximum absolute atomic E-state index is 9.86. The highest BCUT2D eigenvalue weighted by atomic mass is 16.1. The molecule has 0 aromatic heterocycles. The topological polar surface area (TPSA) is 29.1 Å². The zero-order chi connectivity index (χ0) is 5.61. The maximum Gasteiger partial charge on any atom is 0.207 e. The van der Waals surface area contributed by atoms with E-state index in [9.17, 15) is 4.79 Å². The van der Waals surface area contributed by atoms with Gasteiger partial charge in [0.1, 0.15) is 0 Å². The van der Waals surface area contributed by atoms with Gasteiger partial charge in [-0.25, -0.2) is 0 Å². The first-order valence-electron chi connectivity index (χ1n) is 3.07. The monoisotopic (exact) mass is 111 g/mol. The first kappa shape index (κ1) is 4.36. The number of hydrogen-bond acceptors (Lipinski definition) is 1. The van der Waals surface area contributed by atoms with Crippen LogP contribution in [-0.2, 0) is 4.79 Å². The molecule has 0 aromatic carbocycles. The van der Waals surface area contributed by atoms with Crippen molar-refractivity contribution in [3.63, 3.8) is 0 Å². The highest BCUT2D eigenvalue weighted by Crippen LogP contribution is 2.65. The lowest BCUT2D eigenvalue weighted by atomic mass is 10.4. The number of amides is 1. The molecule has 0 bridgehead atoms. The van der Waals surface area contributed by atoms with Crippen molar-refractivity contribution in [1.82, 2.24) is 5.32 Å². The molecule has 2 heteroatoms. The van der Waals surface area contributed by atoms with Crippen LogP contribution in [0.15, 0.2) is 0 Å². The molecule has 1 atom stereocenters. The normalized spacial score (nSPS) is 36.8. The minimum atomic E-state index is 0.556. The van der Waals surface area contributed by atoms with E-state index in [4.69, 9.17) is 0 Å². The Balaban J connectivity index is 1.88. The summed E-state index contributed by atoms with van der Waals surface area (Å²) in [6.07, 6.45) is 4.75. The molecule has 0 radical (unpaired) electrons. The molecule has 2 nitrogen and oxygen atoms in total. The molecule has 0 heterocycles. The van der Waals surface area contributed by atoms with Crippen LogP contribution in [-0.4, -0.2) is 12.5 Å². The van der Waals surface area contributed by atoms with E-state index in [0.717, 1.165) is 6.41 Å². The molecule has 2 rings (SSSR count). The predicted octanol–water partition coefficient (Wildman–Crippen LogP) is 0.285. The van der Waals surface area contributed by atoms with Crippen molar-refractivity contribution in [3.8, 4) is 0 Å². The van der Waals surface area contributed by atoms with Gasteiger partial charge in [-0.15, -0.1) is 0 Å². The maximum atomic E-state index is 9.86. The summed E-state index contributed by atoms with van der Waals surface area (Å²) in [6, 6.07) is 0.556. The zero-order valence-corrected chi connectivity index (χ0v) is 4.68. The molecule has 2 fully saturated rings. The molecule has 0 saturated heterocycles. The first-order valence-corrected chi connectivity index (χ1v) is 3.07. The van der Waals surface area contributed by atoms with E-state index in [1.807, 2.05) is 0 Å². The van der Waals surface area contributed by atoms with E-state index in [1.54, 1.807) is 0 Å². The van der Waals surface area contributed by atoms with Crippen molar-refractivity contribution in [3.05, 3.63) is 0 Å². The highest BCUT2D eigenvalue weighted by molar-refractivity contribution is 5.49. The Morgan fingerprint density at radius 3 is 2.75 bits per heavy atom. The molecule has 1 amide bonds. The molecule has 2 saturated carbocycles. The SMILES string of the molecule is O=CNC1CC12CC2. The summed E-state index contributed by atoms with van der Waals surface area (Å²) in [4.78, 5) is 9.86. The number of rotatable bonds is 2. The third kappa shape index (κ3) is 0.403. The third-order valence-corrected chi connectivity index (χ3v) is 2.35. The molecule has 2 aliphatic rings. The van der Waals surface area contributed by atoms with Gasteiger partial charge in [-0.3, -0.25) is 4.79 Å². The number of carbonyl (C=O) groups is 1. The van der Waals surface area contributed by atoms with Crippen LogP contribution in [0, 0.1) is 5.41 Å². The Labute approximate surface area is 48.3 Å². The van der Waals surface area contributed by atoms with E-state index in [0.29, 0.717) is 11.5 Å². The lowest BCUT2D eigenvalue weighted by Crippen LogP contribution is -2.15. The van der Waals surface area contributed by atoms with Gasteiger partial charge in [0.2, 0.25) is 6.41 Å². The Kier molecular flexibility index (Phi) is 0.581. The van der Waals surface area contributed by atoms with Gasteiger partial charge in [0.15, 0.2) is 0 Å². The molecule has 2 aliphatic carbocycles. The Morgan fingerprint density at radius 2 is 2.38 bits per heavy atom. The zero-order valence-electron chi connectivity index (χ0n) is 4.68. The van der Waals surface area contributed by atoms with Crippen molar-refractivity contribution >= 4 is 6.41 Å². The van der Waals surface area contributed by atoms with Crippen molar-refractivity contribution in [2.45, 2.75) is 25.3 Å². The minimum absolute atomic E-state index is 0.556. The lowest BCUT2D eigenvalue weighted by Gasteiger charge is -1.88. The fourth-order valence-electron chi connectivity index (χ4n) is 1.38. The van der Waals surface area contributed by atoms with Crippen molar-refractivity contribution in [2.75, 3.05) is 0 Å². The standard InChI is InChI=1S/C6H9NO/c8-4-7-5-3-6(5)1-2-6/h4-5H,1-3H2,(H,7,8). The molecule has 0 aliphatic heterocycles. The van der Waals surface area contributed by atoms with Gasteiger partial charge in [0.25, 0.3) is 0 Å². The Morgan fingerprint density at radius 1 is 1.62 bits per heavy atom. The van der Waals surface area contributed by atoms with Crippen molar-refractivity contribution in [1.29, 1.82) is 0 Å². The second-order valence-corrected chi connectivity index (χ2v) is 2.90. The largest absolute Gasteiger partial charge is 0.355 e. The second kappa shape index (κ2) is 1.07. The third-order valence-electron chi connectivity index (χ3n) is 2.35. The van der Waals surface area contributed by atoms with Gasteiger partial charge in [-0.2, -0.15) is 0 Å². The van der Waals surface area contributed by atoms with Gasteiger partial charge in [-0.1, -0.05) is 0 Å². The second-order valence-electron chi connectivity index (χ2n) is 2.90. The van der Waals surface area contributed by atoms with E-state index in [-0.39, 0.29) is 0 Å². The van der Waals surface area contributed by atoms with Gasteiger partial charge in [0, 0.05) is 6.04 Å². The number of nitrogens with one attached hydrogen (secondary N) is 1. The van der Waals surface area contributed by atoms with E-state index >= 15 is 0 Å². The molecule has 1 unspecified atom stereocenters. The summed E-state index contributed by atoms with van der Waals surface area (Å²) >= 11 is 0. The Bertz CT molecular complexity index is 128. The predicted molar refractivity (Wildman–Crippen MR) is 29.3 cm³/mol. The van der Waals surface area contributed by atoms with Crippen LogP contribution < -0.4 is 5.32 Å². The average Bonchev–Trinajstić information content (AvgIpc) is 2.57. The number of hydrogen-bond donors (Lipinski definition) is 1. The summed E-state index contributed by atoms with van der Waals surface area (Å²) < 4.78 is 0. The quantitative estimate of drug-likeness (QED) is 0.510. The molecule has 0 aromatic rings. The molecular formula is C6H9NO. The van der Waals surface area contributed by atoms with Crippen LogP contribution in [0.1, 0.15) is 19.3 Å². The summed E-state index contributed by atoms with van der Waals surface area (Å²) in [7, 11) is 0. The molecule has 8 heavy (non-hydrogen) atoms. The number of carbonyl (C=O) groups excluding carboxylic acids is 1. The lowest BCUT2D eigenvalue weighted by molar-refractivity contribution is -0.109. The van der Waals surface area contributed by atoms with E-state index < -0.39 is 0 Å². The minimum Gasteiger partial charge on any atom is -0.355 e. The van der Waals surface area contributed by atoms with Crippen LogP contribution in [0.25, 0.3) is 0 Å². The molecule has 1 N–H and O–H groups in total.